The minimum atomic E-state index is -1.82. The molecule has 2 aromatic rings. The lowest BCUT2D eigenvalue weighted by atomic mass is 10.0. The monoisotopic (exact) mass is 475 g/mol. The van der Waals surface area contributed by atoms with Crippen LogP contribution in [-0.2, 0) is 22.4 Å². The summed E-state index contributed by atoms with van der Waals surface area (Å²) in [5, 5.41) is 15.6. The molecule has 3 rings (SSSR count). The molecule has 7 heteroatoms. The average molecular weight is 476 g/mol. The molecule has 0 aliphatic carbocycles. The molecule has 2 N–H and O–H groups in total. The van der Waals surface area contributed by atoms with Crippen molar-refractivity contribution in [2.45, 2.75) is 45.4 Å². The number of hydrogen-bond donors (Lipinski definition) is 2. The van der Waals surface area contributed by atoms with Gasteiger partial charge in [0.05, 0.1) is 6.61 Å². The minimum Gasteiger partial charge on any atom is -0.493 e. The standard InChI is InChI=1S/C24H32ClNO.C2H2O4/c1-2-3-4-16-26-17-15-22(18-26)19-27-24-13-9-21(10-14-24)6-5-20-7-11-23(25)12-8-20;3-1(4)2(5)6/h7-14,22H,2-6,15-19H2,1H3;(H,3,4)(H,5,6). The topological polar surface area (TPSA) is 87.1 Å². The highest BCUT2D eigenvalue weighted by molar-refractivity contribution is 6.30. The number of benzene rings is 2. The van der Waals surface area contributed by atoms with Crippen molar-refractivity contribution in [1.82, 2.24) is 4.90 Å². The Bertz CT molecular complexity index is 842. The number of halogens is 1. The second kappa shape index (κ2) is 14.6. The van der Waals surface area contributed by atoms with E-state index in [1.54, 1.807) is 0 Å². The van der Waals surface area contributed by atoms with E-state index >= 15 is 0 Å². The van der Waals surface area contributed by atoms with Crippen LogP contribution in [0, 0.1) is 5.92 Å². The summed E-state index contributed by atoms with van der Waals surface area (Å²) >= 11 is 5.94. The highest BCUT2D eigenvalue weighted by atomic mass is 35.5. The van der Waals surface area contributed by atoms with E-state index in [1.807, 2.05) is 12.1 Å². The lowest BCUT2D eigenvalue weighted by Gasteiger charge is -2.16. The summed E-state index contributed by atoms with van der Waals surface area (Å²) in [4.78, 5) is 20.8. The highest BCUT2D eigenvalue weighted by Crippen LogP contribution is 2.20. The van der Waals surface area contributed by atoms with Gasteiger partial charge in [-0.2, -0.15) is 0 Å². The van der Waals surface area contributed by atoms with Gasteiger partial charge in [-0.1, -0.05) is 55.6 Å². The molecule has 2 aromatic carbocycles. The van der Waals surface area contributed by atoms with E-state index in [1.165, 1.54) is 56.4 Å². The van der Waals surface area contributed by atoms with Crippen LogP contribution in [-0.4, -0.2) is 53.3 Å². The summed E-state index contributed by atoms with van der Waals surface area (Å²) in [6.07, 6.45) is 7.33. The second-order valence-electron chi connectivity index (χ2n) is 8.35. The molecular weight excluding hydrogens is 442 g/mol. The molecule has 0 aromatic heterocycles. The first-order chi connectivity index (χ1) is 15.9. The Balaban J connectivity index is 0.000000569. The summed E-state index contributed by atoms with van der Waals surface area (Å²) in [5.41, 5.74) is 2.67. The fourth-order valence-electron chi connectivity index (χ4n) is 3.74. The van der Waals surface area contributed by atoms with Crippen molar-refractivity contribution in [2.75, 3.05) is 26.2 Å². The van der Waals surface area contributed by atoms with Gasteiger partial charge in [0.1, 0.15) is 5.75 Å². The van der Waals surface area contributed by atoms with Gasteiger partial charge >= 0.3 is 11.9 Å². The largest absolute Gasteiger partial charge is 0.493 e. The molecule has 0 amide bonds. The first-order valence-electron chi connectivity index (χ1n) is 11.5. The number of rotatable bonds is 10. The van der Waals surface area contributed by atoms with Gasteiger partial charge in [0.15, 0.2) is 0 Å². The van der Waals surface area contributed by atoms with E-state index in [9.17, 15) is 0 Å². The first-order valence-corrected chi connectivity index (χ1v) is 11.9. The summed E-state index contributed by atoms with van der Waals surface area (Å²) < 4.78 is 6.05. The average Bonchev–Trinajstić information content (AvgIpc) is 3.26. The van der Waals surface area contributed by atoms with Crippen molar-refractivity contribution >= 4 is 23.5 Å². The van der Waals surface area contributed by atoms with Crippen LogP contribution in [0.3, 0.4) is 0 Å². The number of carboxylic acids is 2. The van der Waals surface area contributed by atoms with Gasteiger partial charge in [0.2, 0.25) is 0 Å². The van der Waals surface area contributed by atoms with Crippen molar-refractivity contribution in [3.8, 4) is 5.75 Å². The summed E-state index contributed by atoms with van der Waals surface area (Å²) in [7, 11) is 0. The Labute approximate surface area is 201 Å². The minimum absolute atomic E-state index is 0.677. The van der Waals surface area contributed by atoms with Crippen LogP contribution in [0.4, 0.5) is 0 Å². The molecule has 1 aliphatic rings. The zero-order chi connectivity index (χ0) is 24.1. The lowest BCUT2D eigenvalue weighted by Crippen LogP contribution is -2.23. The Hall–Kier alpha value is -2.57. The van der Waals surface area contributed by atoms with E-state index in [4.69, 9.17) is 36.1 Å². The fourth-order valence-corrected chi connectivity index (χ4v) is 3.87. The Morgan fingerprint density at radius 3 is 2.09 bits per heavy atom. The number of ether oxygens (including phenoxy) is 1. The van der Waals surface area contributed by atoms with Gasteiger partial charge in [-0.05, 0) is 74.2 Å². The van der Waals surface area contributed by atoms with Crippen molar-refractivity contribution in [3.63, 3.8) is 0 Å². The smallest absolute Gasteiger partial charge is 0.414 e. The number of aliphatic carboxylic acids is 2. The lowest BCUT2D eigenvalue weighted by molar-refractivity contribution is -0.159. The van der Waals surface area contributed by atoms with Gasteiger partial charge in [-0.3, -0.25) is 0 Å². The molecule has 6 nitrogen and oxygen atoms in total. The van der Waals surface area contributed by atoms with Crippen molar-refractivity contribution in [3.05, 3.63) is 64.7 Å². The maximum absolute atomic E-state index is 9.10. The van der Waals surface area contributed by atoms with Crippen molar-refractivity contribution in [2.24, 2.45) is 5.92 Å². The highest BCUT2D eigenvalue weighted by Gasteiger charge is 2.22. The zero-order valence-electron chi connectivity index (χ0n) is 19.2. The van der Waals surface area contributed by atoms with Crippen LogP contribution >= 0.6 is 11.6 Å². The van der Waals surface area contributed by atoms with Crippen molar-refractivity contribution in [1.29, 1.82) is 0 Å². The predicted octanol–water partition coefficient (Wildman–Crippen LogP) is 5.17. The molecule has 0 bridgehead atoms. The molecule has 1 fully saturated rings. The SMILES string of the molecule is CCCCCN1CCC(COc2ccc(CCc3ccc(Cl)cc3)cc2)C1.O=C(O)C(=O)O. The third-order valence-corrected chi connectivity index (χ3v) is 5.91. The van der Waals surface area contributed by atoms with Gasteiger partial charge in [0.25, 0.3) is 0 Å². The molecule has 0 radical (unpaired) electrons. The van der Waals surface area contributed by atoms with Gasteiger partial charge in [-0.15, -0.1) is 0 Å². The van der Waals surface area contributed by atoms with Crippen LogP contribution in [0.1, 0.15) is 43.7 Å². The summed E-state index contributed by atoms with van der Waals surface area (Å²) in [6.45, 7) is 6.80. The zero-order valence-corrected chi connectivity index (χ0v) is 20.0. The van der Waals surface area contributed by atoms with E-state index in [2.05, 4.69) is 48.2 Å². The predicted molar refractivity (Wildman–Crippen MR) is 130 cm³/mol. The molecule has 0 spiro atoms. The number of unbranched alkanes of at least 4 members (excludes halogenated alkanes) is 2. The number of carboxylic acid groups (broad SMARTS) is 2. The second-order valence-corrected chi connectivity index (χ2v) is 8.79. The first kappa shape index (κ1) is 26.7. The number of likely N-dealkylation sites (tertiary alicyclic amines) is 1. The van der Waals surface area contributed by atoms with Crippen molar-refractivity contribution < 1.29 is 24.5 Å². The number of hydrogen-bond acceptors (Lipinski definition) is 4. The van der Waals surface area contributed by atoms with Crippen LogP contribution in [0.2, 0.25) is 5.02 Å². The molecular formula is C26H34ClNO5. The van der Waals surface area contributed by atoms with Gasteiger partial charge in [-0.25, -0.2) is 9.59 Å². The van der Waals surface area contributed by atoms with Gasteiger partial charge < -0.3 is 19.8 Å². The van der Waals surface area contributed by atoms with Crippen LogP contribution in [0.25, 0.3) is 0 Å². The van der Waals surface area contributed by atoms with E-state index in [0.717, 1.165) is 30.2 Å². The molecule has 1 heterocycles. The fraction of sp³-hybridized carbons (Fsp3) is 0.462. The number of carbonyl (C=O) groups is 2. The Morgan fingerprint density at radius 1 is 0.970 bits per heavy atom. The van der Waals surface area contributed by atoms with Crippen LogP contribution < -0.4 is 4.74 Å². The molecule has 0 saturated carbocycles. The van der Waals surface area contributed by atoms with E-state index in [0.29, 0.717) is 5.92 Å². The number of aryl methyl sites for hydroxylation is 2. The quantitative estimate of drug-likeness (QED) is 0.364. The van der Waals surface area contributed by atoms with Crippen LogP contribution in [0.15, 0.2) is 48.5 Å². The third kappa shape index (κ3) is 10.7. The Kier molecular flexibility index (Phi) is 11.8. The third-order valence-electron chi connectivity index (χ3n) is 5.66. The maximum atomic E-state index is 9.10. The molecule has 33 heavy (non-hydrogen) atoms. The summed E-state index contributed by atoms with van der Waals surface area (Å²) in [6, 6.07) is 16.7. The molecule has 1 saturated heterocycles. The van der Waals surface area contributed by atoms with Crippen LogP contribution in [0.5, 0.6) is 5.75 Å². The van der Waals surface area contributed by atoms with Gasteiger partial charge in [0, 0.05) is 17.5 Å². The number of nitrogens with zero attached hydrogens (tertiary/aromatic N) is 1. The normalized spacial score (nSPS) is 15.5. The molecule has 1 atom stereocenters. The molecule has 180 valence electrons. The molecule has 1 unspecified atom stereocenters. The maximum Gasteiger partial charge on any atom is 0.414 e. The summed E-state index contributed by atoms with van der Waals surface area (Å²) in [5.74, 6) is -1.98. The van der Waals surface area contributed by atoms with E-state index < -0.39 is 11.9 Å². The molecule has 1 aliphatic heterocycles. The van der Waals surface area contributed by atoms with E-state index in [-0.39, 0.29) is 0 Å². The Morgan fingerprint density at radius 2 is 1.55 bits per heavy atom.